The van der Waals surface area contributed by atoms with Crippen LogP contribution in [0.25, 0.3) is 0 Å². The first-order chi connectivity index (χ1) is 14.6. The summed E-state index contributed by atoms with van der Waals surface area (Å²) in [7, 11) is 1.20. The summed E-state index contributed by atoms with van der Waals surface area (Å²) in [6.45, 7) is 2.42. The van der Waals surface area contributed by atoms with E-state index in [9.17, 15) is 28.1 Å². The molecule has 0 N–H and O–H groups in total. The Morgan fingerprint density at radius 2 is 2.13 bits per heavy atom. The van der Waals surface area contributed by atoms with Crippen molar-refractivity contribution in [2.45, 2.75) is 25.9 Å². The van der Waals surface area contributed by atoms with Gasteiger partial charge in [0.2, 0.25) is 11.7 Å². The number of alkyl halides is 3. The lowest BCUT2D eigenvalue weighted by Crippen LogP contribution is -2.40. The number of hydrogen-bond acceptors (Lipinski definition) is 9. The van der Waals surface area contributed by atoms with Crippen molar-refractivity contribution in [3.8, 4) is 11.8 Å². The molecule has 0 bridgehead atoms. The zero-order valence-corrected chi connectivity index (χ0v) is 16.6. The van der Waals surface area contributed by atoms with E-state index in [2.05, 4.69) is 15.1 Å². The van der Waals surface area contributed by atoms with Crippen LogP contribution in [0.4, 0.5) is 24.7 Å². The number of hydrogen-bond donors (Lipinski definition) is 0. The van der Waals surface area contributed by atoms with E-state index in [0.717, 1.165) is 11.0 Å². The van der Waals surface area contributed by atoms with E-state index in [1.807, 2.05) is 0 Å². The zero-order valence-electron chi connectivity index (χ0n) is 16.6. The minimum atomic E-state index is -4.71. The highest BCUT2D eigenvalue weighted by atomic mass is 19.4. The molecule has 1 fully saturated rings. The van der Waals surface area contributed by atoms with Gasteiger partial charge in [0.15, 0.2) is 5.69 Å². The van der Waals surface area contributed by atoms with Crippen molar-refractivity contribution in [3.63, 3.8) is 0 Å². The van der Waals surface area contributed by atoms with Crippen LogP contribution in [0.15, 0.2) is 12.4 Å². The second kappa shape index (κ2) is 8.73. The van der Waals surface area contributed by atoms with Gasteiger partial charge in [-0.25, -0.2) is 9.67 Å². The van der Waals surface area contributed by atoms with E-state index < -0.39 is 40.2 Å². The lowest BCUT2D eigenvalue weighted by Gasteiger charge is -2.31. The van der Waals surface area contributed by atoms with Crippen LogP contribution in [0.3, 0.4) is 0 Å². The number of esters is 1. The van der Waals surface area contributed by atoms with Gasteiger partial charge in [0, 0.05) is 26.2 Å². The third-order valence-corrected chi connectivity index (χ3v) is 4.62. The van der Waals surface area contributed by atoms with Crippen LogP contribution >= 0.6 is 0 Å². The lowest BCUT2D eigenvalue weighted by molar-refractivity contribution is -0.385. The summed E-state index contributed by atoms with van der Waals surface area (Å²) in [5, 5.41) is 15.1. The fraction of sp³-hybridized carbons (Fsp3) is 0.529. The molecule has 1 aliphatic rings. The number of piperidine rings is 1. The SMILES string of the molecule is CCOC(=O)C1CCCN(c2ncnc(Oc3cc(C(F)(F)F)nn3C)c2[N+](=O)[O-])C1. The summed E-state index contributed by atoms with van der Waals surface area (Å²) < 4.78 is 49.8. The largest absolute Gasteiger partial charge is 0.466 e. The number of aryl methyl sites for hydroxylation is 1. The second-order valence-electron chi connectivity index (χ2n) is 6.74. The Morgan fingerprint density at radius 3 is 2.74 bits per heavy atom. The Morgan fingerprint density at radius 1 is 1.39 bits per heavy atom. The fourth-order valence-corrected chi connectivity index (χ4v) is 3.23. The van der Waals surface area contributed by atoms with Gasteiger partial charge in [-0.1, -0.05) is 0 Å². The molecule has 31 heavy (non-hydrogen) atoms. The van der Waals surface area contributed by atoms with Gasteiger partial charge in [-0.2, -0.15) is 23.3 Å². The summed E-state index contributed by atoms with van der Waals surface area (Å²) in [5.41, 5.74) is -1.84. The first-order valence-corrected chi connectivity index (χ1v) is 9.31. The van der Waals surface area contributed by atoms with Crippen LogP contribution < -0.4 is 9.64 Å². The zero-order chi connectivity index (χ0) is 22.8. The minimum absolute atomic E-state index is 0.0952. The molecule has 0 amide bonds. The van der Waals surface area contributed by atoms with Crippen molar-refractivity contribution in [2.75, 3.05) is 24.6 Å². The lowest BCUT2D eigenvalue weighted by atomic mass is 9.98. The molecular weight excluding hydrogens is 425 g/mol. The molecular formula is C17H19F3N6O5. The number of carbonyl (C=O) groups is 1. The highest BCUT2D eigenvalue weighted by molar-refractivity contribution is 5.74. The predicted molar refractivity (Wildman–Crippen MR) is 98.5 cm³/mol. The van der Waals surface area contributed by atoms with Gasteiger partial charge < -0.3 is 14.4 Å². The third kappa shape index (κ3) is 4.83. The summed E-state index contributed by atoms with van der Waals surface area (Å²) in [6, 6.07) is 0.614. The first-order valence-electron chi connectivity index (χ1n) is 9.31. The Balaban J connectivity index is 1.93. The number of nitro groups is 1. The number of rotatable bonds is 6. The third-order valence-electron chi connectivity index (χ3n) is 4.62. The molecule has 14 heteroatoms. The van der Waals surface area contributed by atoms with Crippen molar-refractivity contribution in [1.29, 1.82) is 0 Å². The molecule has 0 aromatic carbocycles. The second-order valence-corrected chi connectivity index (χ2v) is 6.74. The molecule has 0 aliphatic carbocycles. The molecule has 1 unspecified atom stereocenters. The van der Waals surface area contributed by atoms with Gasteiger partial charge in [-0.3, -0.25) is 14.9 Å². The number of halogens is 3. The van der Waals surface area contributed by atoms with Gasteiger partial charge in [0.1, 0.15) is 6.33 Å². The standard InChI is InChI=1S/C17H19F3N6O5/c1-3-30-16(27)10-5-4-6-25(8-10)14-13(26(28)29)15(22-9-21-14)31-12-7-11(17(18,19)20)23-24(12)2/h7,9-10H,3-6,8H2,1-2H3. The number of aromatic nitrogens is 4. The van der Waals surface area contributed by atoms with Crippen LogP contribution in [0.2, 0.25) is 0 Å². The molecule has 1 saturated heterocycles. The Hall–Kier alpha value is -3.45. The Bertz CT molecular complexity index is 980. The smallest absolute Gasteiger partial charge is 0.435 e. The van der Waals surface area contributed by atoms with Crippen LogP contribution in [-0.4, -0.2) is 50.3 Å². The van der Waals surface area contributed by atoms with Crippen LogP contribution in [0, 0.1) is 16.0 Å². The highest BCUT2D eigenvalue weighted by Gasteiger charge is 2.37. The summed E-state index contributed by atoms with van der Waals surface area (Å²) >= 11 is 0. The molecule has 2 aromatic heterocycles. The van der Waals surface area contributed by atoms with Gasteiger partial charge in [0.05, 0.1) is 17.4 Å². The maximum atomic E-state index is 12.9. The quantitative estimate of drug-likeness (QED) is 0.375. The molecule has 1 atom stereocenters. The van der Waals surface area contributed by atoms with Crippen molar-refractivity contribution in [1.82, 2.24) is 19.7 Å². The van der Waals surface area contributed by atoms with Crippen molar-refractivity contribution < 1.29 is 32.4 Å². The van der Waals surface area contributed by atoms with Crippen LogP contribution in [0.5, 0.6) is 11.8 Å². The van der Waals surface area contributed by atoms with Crippen LogP contribution in [-0.2, 0) is 22.8 Å². The van der Waals surface area contributed by atoms with Crippen molar-refractivity contribution >= 4 is 17.5 Å². The van der Waals surface area contributed by atoms with Gasteiger partial charge in [-0.15, -0.1) is 0 Å². The molecule has 0 saturated carbocycles. The predicted octanol–water partition coefficient (Wildman–Crippen LogP) is 2.71. The fourth-order valence-electron chi connectivity index (χ4n) is 3.23. The van der Waals surface area contributed by atoms with E-state index in [-0.39, 0.29) is 24.8 Å². The molecule has 3 rings (SSSR count). The molecule has 1 aliphatic heterocycles. The molecule has 0 radical (unpaired) electrons. The topological polar surface area (TPSA) is 126 Å². The van der Waals surface area contributed by atoms with E-state index in [4.69, 9.17) is 9.47 Å². The summed E-state index contributed by atoms with van der Waals surface area (Å²) in [5.74, 6) is -1.91. The van der Waals surface area contributed by atoms with E-state index in [1.54, 1.807) is 11.8 Å². The normalized spacial score (nSPS) is 16.8. The number of ether oxygens (including phenoxy) is 2. The summed E-state index contributed by atoms with van der Waals surface area (Å²) in [4.78, 5) is 32.3. The molecule has 168 valence electrons. The highest BCUT2D eigenvalue weighted by Crippen LogP contribution is 2.38. The number of nitrogens with zero attached hydrogens (tertiary/aromatic N) is 6. The monoisotopic (exact) mass is 444 g/mol. The number of carbonyl (C=O) groups excluding carboxylic acids is 1. The van der Waals surface area contributed by atoms with Crippen LogP contribution in [0.1, 0.15) is 25.5 Å². The summed E-state index contributed by atoms with van der Waals surface area (Å²) in [6.07, 6.45) is -2.57. The maximum absolute atomic E-state index is 12.9. The average molecular weight is 444 g/mol. The van der Waals surface area contributed by atoms with Crippen molar-refractivity contribution in [2.24, 2.45) is 13.0 Å². The molecule has 2 aromatic rings. The average Bonchev–Trinajstić information content (AvgIpc) is 3.09. The maximum Gasteiger partial charge on any atom is 0.435 e. The molecule has 11 nitrogen and oxygen atoms in total. The molecule has 0 spiro atoms. The van der Waals surface area contributed by atoms with Gasteiger partial charge >= 0.3 is 23.7 Å². The van der Waals surface area contributed by atoms with Gasteiger partial charge in [-0.05, 0) is 19.8 Å². The first kappa shape index (κ1) is 22.2. The minimum Gasteiger partial charge on any atom is -0.466 e. The van der Waals surface area contributed by atoms with E-state index >= 15 is 0 Å². The van der Waals surface area contributed by atoms with Crippen molar-refractivity contribution in [3.05, 3.63) is 28.2 Å². The Labute approximate surface area is 173 Å². The van der Waals surface area contributed by atoms with Gasteiger partial charge in [0.25, 0.3) is 0 Å². The van der Waals surface area contributed by atoms with E-state index in [0.29, 0.717) is 25.5 Å². The Kier molecular flexibility index (Phi) is 6.27. The number of anilines is 1. The van der Waals surface area contributed by atoms with E-state index in [1.165, 1.54) is 7.05 Å². The molecule has 3 heterocycles.